The summed E-state index contributed by atoms with van der Waals surface area (Å²) >= 11 is 0. The van der Waals surface area contributed by atoms with Crippen molar-refractivity contribution in [2.24, 2.45) is 0 Å². The number of nitrogens with one attached hydrogen (secondary N) is 1. The zero-order valence-corrected chi connectivity index (χ0v) is 17.6. The van der Waals surface area contributed by atoms with Gasteiger partial charge in [0.15, 0.2) is 0 Å². The fraction of sp³-hybridized carbons (Fsp3) is 0.0714. The molecule has 0 aliphatic carbocycles. The molecule has 0 aliphatic heterocycles. The highest BCUT2D eigenvalue weighted by Gasteiger charge is 2.10. The minimum Gasteiger partial charge on any atom is -0.508 e. The first-order valence-corrected chi connectivity index (χ1v) is 10.5. The first-order chi connectivity index (χ1) is 15.7. The van der Waals surface area contributed by atoms with Crippen molar-refractivity contribution in [3.05, 3.63) is 120 Å². The Kier molecular flexibility index (Phi) is 6.73. The number of nitrogens with zero attached hydrogens (tertiary/aromatic N) is 1. The summed E-state index contributed by atoms with van der Waals surface area (Å²) < 4.78 is 0. The van der Waals surface area contributed by atoms with E-state index in [9.17, 15) is 9.90 Å². The molecule has 2 N–H and O–H groups in total. The molecule has 32 heavy (non-hydrogen) atoms. The van der Waals surface area contributed by atoms with Gasteiger partial charge in [0, 0.05) is 18.4 Å². The van der Waals surface area contributed by atoms with Crippen molar-refractivity contribution in [1.29, 1.82) is 0 Å². The van der Waals surface area contributed by atoms with E-state index < -0.39 is 0 Å². The predicted molar refractivity (Wildman–Crippen MR) is 129 cm³/mol. The summed E-state index contributed by atoms with van der Waals surface area (Å²) in [5.41, 5.74) is 6.06. The molecule has 4 heteroatoms. The maximum absolute atomic E-state index is 12.4. The van der Waals surface area contributed by atoms with Crippen LogP contribution in [0.3, 0.4) is 0 Å². The molecule has 0 unspecified atom stereocenters. The fourth-order valence-electron chi connectivity index (χ4n) is 3.52. The van der Waals surface area contributed by atoms with Gasteiger partial charge in [-0.1, -0.05) is 78.9 Å². The number of benzene rings is 3. The molecular weight excluding hydrogens is 396 g/mol. The van der Waals surface area contributed by atoms with Gasteiger partial charge in [-0.05, 0) is 52.1 Å². The van der Waals surface area contributed by atoms with E-state index >= 15 is 0 Å². The SMILES string of the molecule is O=C(Cc1ccccn1)NCc1ccccc1-c1ccccc1/C=C/c1ccc(O)cc1. The third kappa shape index (κ3) is 5.49. The number of phenolic OH excluding ortho intramolecular Hbond substituents is 1. The number of amides is 1. The molecule has 158 valence electrons. The molecule has 0 atom stereocenters. The maximum Gasteiger partial charge on any atom is 0.226 e. The van der Waals surface area contributed by atoms with Crippen LogP contribution in [0.2, 0.25) is 0 Å². The van der Waals surface area contributed by atoms with Crippen LogP contribution >= 0.6 is 0 Å². The van der Waals surface area contributed by atoms with E-state index in [1.54, 1.807) is 18.3 Å². The Hall–Kier alpha value is -4.18. The minimum absolute atomic E-state index is 0.0565. The first-order valence-electron chi connectivity index (χ1n) is 10.5. The average molecular weight is 421 g/mol. The Morgan fingerprint density at radius 1 is 0.812 bits per heavy atom. The highest BCUT2D eigenvalue weighted by atomic mass is 16.3. The van der Waals surface area contributed by atoms with Gasteiger partial charge in [-0.3, -0.25) is 9.78 Å². The molecule has 3 aromatic carbocycles. The summed E-state index contributed by atoms with van der Waals surface area (Å²) in [6.45, 7) is 0.442. The number of hydrogen-bond acceptors (Lipinski definition) is 3. The van der Waals surface area contributed by atoms with Crippen molar-refractivity contribution < 1.29 is 9.90 Å². The van der Waals surface area contributed by atoms with Gasteiger partial charge in [-0.25, -0.2) is 0 Å². The van der Waals surface area contributed by atoms with Crippen molar-refractivity contribution >= 4 is 18.1 Å². The summed E-state index contributed by atoms with van der Waals surface area (Å²) in [6.07, 6.45) is 6.04. The summed E-state index contributed by atoms with van der Waals surface area (Å²) in [5.74, 6) is 0.195. The number of aromatic hydroxyl groups is 1. The Bertz CT molecular complexity index is 1220. The summed E-state index contributed by atoms with van der Waals surface area (Å²) in [5, 5.41) is 12.5. The van der Waals surface area contributed by atoms with Crippen LogP contribution in [0.15, 0.2) is 97.2 Å². The highest BCUT2D eigenvalue weighted by Crippen LogP contribution is 2.28. The largest absolute Gasteiger partial charge is 0.508 e. The maximum atomic E-state index is 12.4. The molecule has 0 fully saturated rings. The molecule has 0 saturated carbocycles. The second-order valence-electron chi connectivity index (χ2n) is 7.44. The molecule has 0 saturated heterocycles. The van der Waals surface area contributed by atoms with Crippen molar-refractivity contribution in [2.75, 3.05) is 0 Å². The second kappa shape index (κ2) is 10.2. The normalized spacial score (nSPS) is 10.9. The van der Waals surface area contributed by atoms with E-state index in [0.29, 0.717) is 6.54 Å². The monoisotopic (exact) mass is 420 g/mol. The highest BCUT2D eigenvalue weighted by molar-refractivity contribution is 5.83. The zero-order chi connectivity index (χ0) is 22.2. The number of rotatable bonds is 7. The molecule has 1 aromatic heterocycles. The topological polar surface area (TPSA) is 62.2 Å². The molecule has 4 rings (SSSR count). The average Bonchev–Trinajstić information content (AvgIpc) is 2.83. The van der Waals surface area contributed by atoms with Crippen molar-refractivity contribution in [3.63, 3.8) is 0 Å². The minimum atomic E-state index is -0.0565. The molecule has 1 heterocycles. The number of pyridine rings is 1. The lowest BCUT2D eigenvalue weighted by atomic mass is 9.94. The Balaban J connectivity index is 1.53. The number of aromatic nitrogens is 1. The van der Waals surface area contributed by atoms with E-state index in [4.69, 9.17) is 0 Å². The van der Waals surface area contributed by atoms with Crippen LogP contribution in [0.25, 0.3) is 23.3 Å². The molecule has 0 spiro atoms. The van der Waals surface area contributed by atoms with Crippen molar-refractivity contribution in [2.45, 2.75) is 13.0 Å². The van der Waals surface area contributed by atoms with Gasteiger partial charge in [0.1, 0.15) is 5.75 Å². The van der Waals surface area contributed by atoms with Gasteiger partial charge in [0.2, 0.25) is 5.91 Å². The van der Waals surface area contributed by atoms with Crippen LogP contribution in [0.1, 0.15) is 22.4 Å². The van der Waals surface area contributed by atoms with Gasteiger partial charge in [-0.15, -0.1) is 0 Å². The van der Waals surface area contributed by atoms with E-state index in [1.165, 1.54) is 0 Å². The lowest BCUT2D eigenvalue weighted by molar-refractivity contribution is -0.120. The molecule has 0 aliphatic rings. The fourth-order valence-corrected chi connectivity index (χ4v) is 3.52. The molecule has 4 aromatic rings. The van der Waals surface area contributed by atoms with Gasteiger partial charge >= 0.3 is 0 Å². The van der Waals surface area contributed by atoms with Gasteiger partial charge in [-0.2, -0.15) is 0 Å². The summed E-state index contributed by atoms with van der Waals surface area (Å²) in [7, 11) is 0. The number of hydrogen-bond donors (Lipinski definition) is 2. The van der Waals surface area contributed by atoms with Gasteiger partial charge < -0.3 is 10.4 Å². The molecular formula is C28H24N2O2. The predicted octanol–water partition coefficient (Wildman–Crippen LogP) is 5.48. The molecule has 1 amide bonds. The first kappa shape index (κ1) is 21.1. The van der Waals surface area contributed by atoms with E-state index in [1.807, 2.05) is 66.7 Å². The Morgan fingerprint density at radius 3 is 2.31 bits per heavy atom. The summed E-state index contributed by atoms with van der Waals surface area (Å²) in [6, 6.07) is 29.0. The third-order valence-electron chi connectivity index (χ3n) is 5.16. The quantitative estimate of drug-likeness (QED) is 0.389. The smallest absolute Gasteiger partial charge is 0.226 e. The van der Waals surface area contributed by atoms with E-state index in [0.717, 1.165) is 33.5 Å². The van der Waals surface area contributed by atoms with Crippen LogP contribution in [-0.4, -0.2) is 16.0 Å². The van der Waals surface area contributed by atoms with E-state index in [2.05, 4.69) is 34.6 Å². The zero-order valence-electron chi connectivity index (χ0n) is 17.6. The van der Waals surface area contributed by atoms with Crippen LogP contribution in [0.5, 0.6) is 5.75 Å². The van der Waals surface area contributed by atoms with Crippen molar-refractivity contribution in [3.8, 4) is 16.9 Å². The van der Waals surface area contributed by atoms with Crippen LogP contribution in [-0.2, 0) is 17.8 Å². The summed E-state index contributed by atoms with van der Waals surface area (Å²) in [4.78, 5) is 16.6. The number of phenols is 1. The molecule has 0 bridgehead atoms. The van der Waals surface area contributed by atoms with E-state index in [-0.39, 0.29) is 18.1 Å². The van der Waals surface area contributed by atoms with Gasteiger partial charge in [0.05, 0.1) is 6.42 Å². The Morgan fingerprint density at radius 2 is 1.53 bits per heavy atom. The molecule has 0 radical (unpaired) electrons. The van der Waals surface area contributed by atoms with Crippen LogP contribution in [0, 0.1) is 0 Å². The van der Waals surface area contributed by atoms with Crippen LogP contribution < -0.4 is 5.32 Å². The third-order valence-corrected chi connectivity index (χ3v) is 5.16. The lowest BCUT2D eigenvalue weighted by Crippen LogP contribution is -2.25. The second-order valence-corrected chi connectivity index (χ2v) is 7.44. The van der Waals surface area contributed by atoms with Gasteiger partial charge in [0.25, 0.3) is 0 Å². The number of carbonyl (C=O) groups excluding carboxylic acids is 1. The van der Waals surface area contributed by atoms with Crippen LogP contribution in [0.4, 0.5) is 0 Å². The molecule has 4 nitrogen and oxygen atoms in total. The standard InChI is InChI=1S/C28H24N2O2/c31-25-16-13-21(14-17-25)12-15-22-7-1-3-10-26(22)27-11-4-2-8-23(27)20-30-28(32)19-24-9-5-6-18-29-24/h1-18,31H,19-20H2,(H,30,32)/b15-12+. The Labute approximate surface area is 187 Å². The van der Waals surface area contributed by atoms with Crippen molar-refractivity contribution in [1.82, 2.24) is 10.3 Å². The lowest BCUT2D eigenvalue weighted by Gasteiger charge is -2.13. The number of carbonyl (C=O) groups is 1.